The normalized spacial score (nSPS) is 13.2. The molecular weight excluding hydrogens is 272 g/mol. The van der Waals surface area contributed by atoms with E-state index < -0.39 is 0 Å². The standard InChI is InChI=1S/C18H32N4/c1-5-22(6-2)15-11-10-14-20-18(19-4)21-16(3)17-12-8-7-9-13-17/h7-9,12-13,16H,5-6,10-11,14-15H2,1-4H3,(H2,19,20,21). The van der Waals surface area contributed by atoms with Gasteiger partial charge in [-0.3, -0.25) is 4.99 Å². The molecule has 1 rings (SSSR count). The summed E-state index contributed by atoms with van der Waals surface area (Å²) in [6.07, 6.45) is 2.39. The van der Waals surface area contributed by atoms with Crippen LogP contribution < -0.4 is 10.6 Å². The van der Waals surface area contributed by atoms with Crippen LogP contribution in [0.4, 0.5) is 0 Å². The average molecular weight is 304 g/mol. The number of nitrogens with zero attached hydrogens (tertiary/aromatic N) is 2. The molecule has 0 spiro atoms. The number of aliphatic imine (C=N–C) groups is 1. The molecule has 0 aliphatic carbocycles. The van der Waals surface area contributed by atoms with Crippen molar-refractivity contribution in [2.45, 2.75) is 39.7 Å². The summed E-state index contributed by atoms with van der Waals surface area (Å²) >= 11 is 0. The average Bonchev–Trinajstić information content (AvgIpc) is 2.57. The Balaban J connectivity index is 2.26. The van der Waals surface area contributed by atoms with Crippen LogP contribution in [0.2, 0.25) is 0 Å². The summed E-state index contributed by atoms with van der Waals surface area (Å²) in [7, 11) is 1.82. The third-order valence-electron chi connectivity index (χ3n) is 3.96. The number of guanidine groups is 1. The van der Waals surface area contributed by atoms with Gasteiger partial charge in [0.05, 0.1) is 6.04 Å². The van der Waals surface area contributed by atoms with Gasteiger partial charge in [0.1, 0.15) is 0 Å². The third kappa shape index (κ3) is 6.94. The van der Waals surface area contributed by atoms with Crippen molar-refractivity contribution in [2.75, 3.05) is 33.2 Å². The Bertz CT molecular complexity index is 412. The van der Waals surface area contributed by atoms with E-state index in [9.17, 15) is 0 Å². The van der Waals surface area contributed by atoms with Crippen molar-refractivity contribution in [3.8, 4) is 0 Å². The summed E-state index contributed by atoms with van der Waals surface area (Å²) in [4.78, 5) is 6.77. The van der Waals surface area contributed by atoms with Gasteiger partial charge in [-0.25, -0.2) is 0 Å². The molecule has 0 saturated heterocycles. The third-order valence-corrected chi connectivity index (χ3v) is 3.96. The number of hydrogen-bond acceptors (Lipinski definition) is 2. The zero-order valence-corrected chi connectivity index (χ0v) is 14.6. The Morgan fingerprint density at radius 1 is 1.14 bits per heavy atom. The highest BCUT2D eigenvalue weighted by molar-refractivity contribution is 5.80. The molecule has 0 bridgehead atoms. The van der Waals surface area contributed by atoms with Gasteiger partial charge in [-0.1, -0.05) is 44.2 Å². The van der Waals surface area contributed by atoms with E-state index in [1.807, 2.05) is 13.1 Å². The van der Waals surface area contributed by atoms with Gasteiger partial charge in [0.25, 0.3) is 0 Å². The van der Waals surface area contributed by atoms with Gasteiger partial charge in [-0.15, -0.1) is 0 Å². The number of nitrogens with one attached hydrogen (secondary N) is 2. The first-order valence-corrected chi connectivity index (χ1v) is 8.45. The summed E-state index contributed by atoms with van der Waals surface area (Å²) in [5, 5.41) is 6.83. The van der Waals surface area contributed by atoms with E-state index in [2.05, 4.69) is 65.6 Å². The van der Waals surface area contributed by atoms with Crippen molar-refractivity contribution >= 4 is 5.96 Å². The highest BCUT2D eigenvalue weighted by atomic mass is 15.2. The second-order valence-electron chi connectivity index (χ2n) is 5.51. The topological polar surface area (TPSA) is 39.7 Å². The minimum atomic E-state index is 0.253. The maximum Gasteiger partial charge on any atom is 0.191 e. The van der Waals surface area contributed by atoms with Crippen molar-refractivity contribution in [3.63, 3.8) is 0 Å². The Kier molecular flexibility index (Phi) is 9.31. The monoisotopic (exact) mass is 304 g/mol. The lowest BCUT2D eigenvalue weighted by atomic mass is 10.1. The van der Waals surface area contributed by atoms with Crippen LogP contribution in [0.3, 0.4) is 0 Å². The molecule has 0 aliphatic heterocycles. The van der Waals surface area contributed by atoms with Crippen LogP contribution in [0.15, 0.2) is 35.3 Å². The van der Waals surface area contributed by atoms with Crippen LogP contribution in [0.5, 0.6) is 0 Å². The van der Waals surface area contributed by atoms with Crippen LogP contribution in [0.25, 0.3) is 0 Å². The van der Waals surface area contributed by atoms with Crippen LogP contribution >= 0.6 is 0 Å². The van der Waals surface area contributed by atoms with Gasteiger partial charge in [0, 0.05) is 13.6 Å². The molecule has 0 aliphatic rings. The second-order valence-corrected chi connectivity index (χ2v) is 5.51. The Morgan fingerprint density at radius 3 is 2.41 bits per heavy atom. The Morgan fingerprint density at radius 2 is 1.82 bits per heavy atom. The number of rotatable bonds is 9. The molecule has 2 N–H and O–H groups in total. The highest BCUT2D eigenvalue weighted by Crippen LogP contribution is 2.10. The summed E-state index contributed by atoms with van der Waals surface area (Å²) in [5.74, 6) is 0.874. The minimum absolute atomic E-state index is 0.253. The molecule has 0 saturated carbocycles. The van der Waals surface area contributed by atoms with Crippen LogP contribution in [0, 0.1) is 0 Å². The van der Waals surface area contributed by atoms with Gasteiger partial charge in [-0.05, 0) is 45.0 Å². The lowest BCUT2D eigenvalue weighted by Gasteiger charge is -2.19. The first kappa shape index (κ1) is 18.5. The van der Waals surface area contributed by atoms with Crippen molar-refractivity contribution in [1.29, 1.82) is 0 Å². The van der Waals surface area contributed by atoms with Crippen molar-refractivity contribution in [1.82, 2.24) is 15.5 Å². The van der Waals surface area contributed by atoms with E-state index in [0.29, 0.717) is 0 Å². The second kappa shape index (κ2) is 11.1. The van der Waals surface area contributed by atoms with E-state index in [1.54, 1.807) is 0 Å². The molecule has 1 aromatic carbocycles. The van der Waals surface area contributed by atoms with E-state index in [4.69, 9.17) is 0 Å². The Labute approximate surface area is 136 Å². The van der Waals surface area contributed by atoms with E-state index >= 15 is 0 Å². The predicted molar refractivity (Wildman–Crippen MR) is 96.4 cm³/mol. The van der Waals surface area contributed by atoms with E-state index in [0.717, 1.165) is 32.0 Å². The van der Waals surface area contributed by atoms with Crippen molar-refractivity contribution in [3.05, 3.63) is 35.9 Å². The minimum Gasteiger partial charge on any atom is -0.356 e. The fraction of sp³-hybridized carbons (Fsp3) is 0.611. The lowest BCUT2D eigenvalue weighted by molar-refractivity contribution is 0.297. The van der Waals surface area contributed by atoms with Crippen molar-refractivity contribution < 1.29 is 0 Å². The molecule has 1 unspecified atom stereocenters. The Hall–Kier alpha value is -1.55. The van der Waals surface area contributed by atoms with Crippen molar-refractivity contribution in [2.24, 2.45) is 4.99 Å². The molecule has 0 radical (unpaired) electrons. The molecule has 1 aromatic rings. The lowest BCUT2D eigenvalue weighted by Crippen LogP contribution is -2.39. The van der Waals surface area contributed by atoms with Crippen LogP contribution in [0.1, 0.15) is 45.2 Å². The molecule has 4 heteroatoms. The molecule has 0 amide bonds. The fourth-order valence-corrected chi connectivity index (χ4v) is 2.43. The van der Waals surface area contributed by atoms with Gasteiger partial charge in [0.2, 0.25) is 0 Å². The molecule has 0 fully saturated rings. The van der Waals surface area contributed by atoms with E-state index in [-0.39, 0.29) is 6.04 Å². The largest absolute Gasteiger partial charge is 0.356 e. The predicted octanol–water partition coefficient (Wildman–Crippen LogP) is 3.03. The zero-order valence-electron chi connectivity index (χ0n) is 14.6. The molecule has 1 atom stereocenters. The van der Waals surface area contributed by atoms with Gasteiger partial charge in [-0.2, -0.15) is 0 Å². The molecule has 0 aromatic heterocycles. The summed E-state index contributed by atoms with van der Waals surface area (Å²) < 4.78 is 0. The summed E-state index contributed by atoms with van der Waals surface area (Å²) in [5.41, 5.74) is 1.27. The molecule has 0 heterocycles. The molecule has 4 nitrogen and oxygen atoms in total. The quantitative estimate of drug-likeness (QED) is 0.418. The van der Waals surface area contributed by atoms with E-state index in [1.165, 1.54) is 18.5 Å². The van der Waals surface area contributed by atoms with Gasteiger partial charge >= 0.3 is 0 Å². The van der Waals surface area contributed by atoms with Crippen LogP contribution in [-0.2, 0) is 0 Å². The van der Waals surface area contributed by atoms with Gasteiger partial charge in [0.15, 0.2) is 5.96 Å². The van der Waals surface area contributed by atoms with Gasteiger partial charge < -0.3 is 15.5 Å². The van der Waals surface area contributed by atoms with Crippen LogP contribution in [-0.4, -0.2) is 44.1 Å². The number of unbranched alkanes of at least 4 members (excludes halogenated alkanes) is 1. The SMILES string of the molecule is CCN(CC)CCCCNC(=NC)NC(C)c1ccccc1. The first-order valence-electron chi connectivity index (χ1n) is 8.45. The number of hydrogen-bond donors (Lipinski definition) is 2. The maximum absolute atomic E-state index is 4.30. The maximum atomic E-state index is 4.30. The zero-order chi connectivity index (χ0) is 16.2. The smallest absolute Gasteiger partial charge is 0.191 e. The first-order chi connectivity index (χ1) is 10.7. The fourth-order valence-electron chi connectivity index (χ4n) is 2.43. The molecule has 124 valence electrons. The molecule has 22 heavy (non-hydrogen) atoms. The molecular formula is C18H32N4. The summed E-state index contributed by atoms with van der Waals surface area (Å²) in [6.45, 7) is 11.0. The summed E-state index contributed by atoms with van der Waals surface area (Å²) in [6, 6.07) is 10.7. The highest BCUT2D eigenvalue weighted by Gasteiger charge is 2.06. The number of benzene rings is 1.